The predicted octanol–water partition coefficient (Wildman–Crippen LogP) is 0.536. The number of aromatic nitrogens is 2. The average Bonchev–Trinajstić information content (AvgIpc) is 2.50. The molecule has 2 N–H and O–H groups in total. The summed E-state index contributed by atoms with van der Waals surface area (Å²) < 4.78 is 5.91. The fourth-order valence-corrected chi connectivity index (χ4v) is 2.25. The van der Waals surface area contributed by atoms with Crippen molar-refractivity contribution in [2.45, 2.75) is 45.9 Å². The van der Waals surface area contributed by atoms with Gasteiger partial charge in [0.25, 0.3) is 17.0 Å². The standard InChI is InChI=1S/C17H21N3O5/c1-10(14(22)18-17(2,3)4)25-13(21)9-20-16(24)12-8-6-5-7-11(12)15(23)19-20/h5-8,10H,9H2,1-4H3,(H,18,22)(H,19,23)/t10-/m1/s1. The van der Waals surface area contributed by atoms with Crippen LogP contribution in [0, 0.1) is 0 Å². The van der Waals surface area contributed by atoms with Crippen LogP contribution in [-0.4, -0.2) is 33.3 Å². The van der Waals surface area contributed by atoms with E-state index in [4.69, 9.17) is 4.74 Å². The van der Waals surface area contributed by atoms with Crippen LogP contribution in [0.5, 0.6) is 0 Å². The van der Waals surface area contributed by atoms with Gasteiger partial charge in [-0.25, -0.2) is 4.68 Å². The maximum Gasteiger partial charge on any atom is 0.328 e. The number of fused-ring (bicyclic) bond motifs is 1. The molecular formula is C17H21N3O5. The highest BCUT2D eigenvalue weighted by atomic mass is 16.5. The molecule has 0 unspecified atom stereocenters. The van der Waals surface area contributed by atoms with Crippen LogP contribution in [-0.2, 0) is 20.9 Å². The zero-order valence-electron chi connectivity index (χ0n) is 14.6. The quantitative estimate of drug-likeness (QED) is 0.784. The summed E-state index contributed by atoms with van der Waals surface area (Å²) in [5, 5.41) is 5.48. The second-order valence-electron chi connectivity index (χ2n) is 6.75. The molecule has 0 saturated heterocycles. The summed E-state index contributed by atoms with van der Waals surface area (Å²) in [5.41, 5.74) is -1.46. The SMILES string of the molecule is C[C@@H](OC(=O)Cn1[nH]c(=O)c2ccccc2c1=O)C(=O)NC(C)(C)C. The van der Waals surface area contributed by atoms with Crippen LogP contribution >= 0.6 is 0 Å². The third-order valence-corrected chi connectivity index (χ3v) is 3.35. The molecule has 2 aromatic rings. The maximum absolute atomic E-state index is 12.3. The maximum atomic E-state index is 12.3. The Kier molecular flexibility index (Phi) is 5.10. The molecule has 0 radical (unpaired) electrons. The average molecular weight is 347 g/mol. The van der Waals surface area contributed by atoms with Crippen LogP contribution < -0.4 is 16.4 Å². The molecule has 1 aromatic carbocycles. The molecule has 1 atom stereocenters. The van der Waals surface area contributed by atoms with Gasteiger partial charge >= 0.3 is 5.97 Å². The molecule has 0 bridgehead atoms. The second kappa shape index (κ2) is 6.92. The Morgan fingerprint density at radius 1 is 1.20 bits per heavy atom. The molecule has 1 aromatic heterocycles. The van der Waals surface area contributed by atoms with Gasteiger partial charge in [0.2, 0.25) is 0 Å². The first-order valence-electron chi connectivity index (χ1n) is 7.82. The lowest BCUT2D eigenvalue weighted by Crippen LogP contribution is -2.46. The number of carbonyl (C=O) groups is 2. The number of aromatic amines is 1. The molecule has 8 heteroatoms. The van der Waals surface area contributed by atoms with Crippen LogP contribution in [0.15, 0.2) is 33.9 Å². The van der Waals surface area contributed by atoms with Crippen molar-refractivity contribution < 1.29 is 14.3 Å². The third kappa shape index (κ3) is 4.56. The normalized spacial score (nSPS) is 12.6. The molecule has 0 aliphatic rings. The van der Waals surface area contributed by atoms with E-state index in [-0.39, 0.29) is 10.8 Å². The molecule has 1 heterocycles. The smallest absolute Gasteiger partial charge is 0.328 e. The molecule has 1 amide bonds. The number of amides is 1. The summed E-state index contributed by atoms with van der Waals surface area (Å²) in [4.78, 5) is 48.3. The van der Waals surface area contributed by atoms with Crippen molar-refractivity contribution in [3.05, 3.63) is 45.0 Å². The first kappa shape index (κ1) is 18.4. The van der Waals surface area contributed by atoms with E-state index in [1.807, 2.05) is 0 Å². The van der Waals surface area contributed by atoms with Crippen molar-refractivity contribution in [1.82, 2.24) is 15.1 Å². The lowest BCUT2D eigenvalue weighted by atomic mass is 10.1. The van der Waals surface area contributed by atoms with Crippen molar-refractivity contribution >= 4 is 22.6 Å². The molecule has 8 nitrogen and oxygen atoms in total. The Hall–Kier alpha value is -2.90. The number of nitrogens with one attached hydrogen (secondary N) is 2. The van der Waals surface area contributed by atoms with Gasteiger partial charge in [-0.15, -0.1) is 0 Å². The summed E-state index contributed by atoms with van der Waals surface area (Å²) in [6.07, 6.45) is -1.02. The molecule has 0 spiro atoms. The molecule has 0 aliphatic heterocycles. The van der Waals surface area contributed by atoms with E-state index in [1.165, 1.54) is 19.1 Å². The monoisotopic (exact) mass is 347 g/mol. The Bertz CT molecular complexity index is 920. The van der Waals surface area contributed by atoms with Crippen LogP contribution in [0.4, 0.5) is 0 Å². The van der Waals surface area contributed by atoms with Crippen molar-refractivity contribution in [2.75, 3.05) is 0 Å². The van der Waals surface area contributed by atoms with Crippen molar-refractivity contribution in [3.8, 4) is 0 Å². The van der Waals surface area contributed by atoms with E-state index in [0.29, 0.717) is 0 Å². The fourth-order valence-electron chi connectivity index (χ4n) is 2.25. The highest BCUT2D eigenvalue weighted by molar-refractivity contribution is 5.84. The van der Waals surface area contributed by atoms with E-state index >= 15 is 0 Å². The number of ether oxygens (including phenoxy) is 1. The number of rotatable bonds is 4. The number of benzene rings is 1. The minimum Gasteiger partial charge on any atom is -0.451 e. The van der Waals surface area contributed by atoms with Gasteiger partial charge in [0.15, 0.2) is 6.10 Å². The van der Waals surface area contributed by atoms with Gasteiger partial charge in [-0.3, -0.25) is 24.3 Å². The third-order valence-electron chi connectivity index (χ3n) is 3.35. The van der Waals surface area contributed by atoms with Gasteiger partial charge in [-0.2, -0.15) is 0 Å². The number of H-pyrrole nitrogens is 1. The number of carbonyl (C=O) groups excluding carboxylic acids is 2. The van der Waals surface area contributed by atoms with Gasteiger partial charge in [0.1, 0.15) is 6.54 Å². The lowest BCUT2D eigenvalue weighted by Gasteiger charge is -2.23. The van der Waals surface area contributed by atoms with Crippen LogP contribution in [0.2, 0.25) is 0 Å². The minimum atomic E-state index is -1.02. The molecule has 0 saturated carbocycles. The van der Waals surface area contributed by atoms with Gasteiger partial charge in [0.05, 0.1) is 10.8 Å². The number of esters is 1. The van der Waals surface area contributed by atoms with Crippen molar-refractivity contribution in [1.29, 1.82) is 0 Å². The van der Waals surface area contributed by atoms with Crippen LogP contribution in [0.25, 0.3) is 10.8 Å². The van der Waals surface area contributed by atoms with Crippen LogP contribution in [0.3, 0.4) is 0 Å². The van der Waals surface area contributed by atoms with Gasteiger partial charge in [-0.1, -0.05) is 12.1 Å². The molecule has 2 rings (SSSR count). The fraction of sp³-hybridized carbons (Fsp3) is 0.412. The Morgan fingerprint density at radius 2 is 1.80 bits per heavy atom. The van der Waals surface area contributed by atoms with Crippen molar-refractivity contribution in [2.24, 2.45) is 0 Å². The molecule has 134 valence electrons. The van der Waals surface area contributed by atoms with Gasteiger partial charge < -0.3 is 10.1 Å². The number of hydrogen-bond donors (Lipinski definition) is 2. The predicted molar refractivity (Wildman–Crippen MR) is 92.3 cm³/mol. The van der Waals surface area contributed by atoms with E-state index in [2.05, 4.69) is 10.4 Å². The van der Waals surface area contributed by atoms with E-state index in [0.717, 1.165) is 4.68 Å². The zero-order chi connectivity index (χ0) is 18.8. The number of nitrogens with zero attached hydrogens (tertiary/aromatic N) is 1. The van der Waals surface area contributed by atoms with Crippen molar-refractivity contribution in [3.63, 3.8) is 0 Å². The highest BCUT2D eigenvalue weighted by Gasteiger charge is 2.22. The molecule has 25 heavy (non-hydrogen) atoms. The first-order valence-corrected chi connectivity index (χ1v) is 7.82. The largest absolute Gasteiger partial charge is 0.451 e. The number of hydrogen-bond acceptors (Lipinski definition) is 5. The van der Waals surface area contributed by atoms with E-state index < -0.39 is 41.2 Å². The summed E-state index contributed by atoms with van der Waals surface area (Å²) >= 11 is 0. The summed E-state index contributed by atoms with van der Waals surface area (Å²) in [7, 11) is 0. The summed E-state index contributed by atoms with van der Waals surface area (Å²) in [6.45, 7) is 6.35. The molecular weight excluding hydrogens is 326 g/mol. The summed E-state index contributed by atoms with van der Waals surface area (Å²) in [5.74, 6) is -1.25. The van der Waals surface area contributed by atoms with Crippen LogP contribution in [0.1, 0.15) is 27.7 Å². The first-order chi connectivity index (χ1) is 11.6. The minimum absolute atomic E-state index is 0.206. The highest BCUT2D eigenvalue weighted by Crippen LogP contribution is 2.04. The Balaban J connectivity index is 2.15. The Morgan fingerprint density at radius 3 is 2.40 bits per heavy atom. The zero-order valence-corrected chi connectivity index (χ0v) is 14.6. The van der Waals surface area contributed by atoms with Gasteiger partial charge in [0, 0.05) is 5.54 Å². The molecule has 0 aliphatic carbocycles. The molecule has 0 fully saturated rings. The second-order valence-corrected chi connectivity index (χ2v) is 6.75. The van der Waals surface area contributed by atoms with E-state index in [1.54, 1.807) is 32.9 Å². The summed E-state index contributed by atoms with van der Waals surface area (Å²) in [6, 6.07) is 6.31. The topological polar surface area (TPSA) is 110 Å². The van der Waals surface area contributed by atoms with E-state index in [9.17, 15) is 19.2 Å². The van der Waals surface area contributed by atoms with Gasteiger partial charge in [-0.05, 0) is 39.8 Å². The lowest BCUT2D eigenvalue weighted by molar-refractivity contribution is -0.156. The Labute approximate surface area is 143 Å².